The molecule has 1 aromatic carbocycles. The Morgan fingerprint density at radius 3 is 2.55 bits per heavy atom. The second kappa shape index (κ2) is 7.00. The molecule has 0 amide bonds. The van der Waals surface area contributed by atoms with Gasteiger partial charge in [-0.1, -0.05) is 37.3 Å². The Labute approximate surface area is 126 Å². The van der Waals surface area contributed by atoms with Crippen molar-refractivity contribution in [3.05, 3.63) is 52.0 Å². The van der Waals surface area contributed by atoms with E-state index in [1.54, 1.807) is 11.3 Å². The van der Waals surface area contributed by atoms with Crippen molar-refractivity contribution in [2.24, 2.45) is 0 Å². The Hall–Kier alpha value is -1.19. The zero-order chi connectivity index (χ0) is 14.4. The molecule has 0 saturated heterocycles. The van der Waals surface area contributed by atoms with Gasteiger partial charge in [0.15, 0.2) is 0 Å². The highest BCUT2D eigenvalue weighted by molar-refractivity contribution is 7.09. The molecule has 1 atom stereocenters. The lowest BCUT2D eigenvalue weighted by Crippen LogP contribution is -2.36. The topological polar surface area (TPSA) is 24.9 Å². The van der Waals surface area contributed by atoms with Gasteiger partial charge in [-0.2, -0.15) is 0 Å². The monoisotopic (exact) mass is 288 g/mol. The average molecular weight is 288 g/mol. The molecule has 0 aliphatic heterocycles. The third kappa shape index (κ3) is 3.28. The third-order valence-corrected chi connectivity index (χ3v) is 5.25. The first-order valence-corrected chi connectivity index (χ1v) is 8.19. The van der Waals surface area contributed by atoms with Crippen molar-refractivity contribution in [2.75, 3.05) is 13.6 Å². The Morgan fingerprint density at radius 2 is 2.00 bits per heavy atom. The molecule has 0 bridgehead atoms. The quantitative estimate of drug-likeness (QED) is 0.834. The molecular formula is C17H24N2S. The van der Waals surface area contributed by atoms with Gasteiger partial charge in [-0.25, -0.2) is 4.98 Å². The fraction of sp³-hybridized carbons (Fsp3) is 0.471. The van der Waals surface area contributed by atoms with E-state index in [1.165, 1.54) is 16.1 Å². The number of thiazole rings is 1. The Bertz CT molecular complexity index is 521. The van der Waals surface area contributed by atoms with Crippen molar-refractivity contribution in [3.63, 3.8) is 0 Å². The Kier molecular flexibility index (Phi) is 5.32. The van der Waals surface area contributed by atoms with Crippen molar-refractivity contribution in [3.8, 4) is 0 Å². The average Bonchev–Trinajstić information content (AvgIpc) is 2.90. The molecule has 0 aliphatic carbocycles. The third-order valence-electron chi connectivity index (χ3n) is 4.25. The van der Waals surface area contributed by atoms with E-state index in [1.807, 2.05) is 12.6 Å². The highest BCUT2D eigenvalue weighted by Crippen LogP contribution is 2.33. The molecule has 0 saturated carbocycles. The molecule has 0 aliphatic rings. The van der Waals surface area contributed by atoms with Crippen LogP contribution in [0.25, 0.3) is 0 Å². The maximum absolute atomic E-state index is 4.36. The predicted octanol–water partition coefficient (Wildman–Crippen LogP) is 3.95. The normalized spacial score (nSPS) is 14.2. The zero-order valence-electron chi connectivity index (χ0n) is 12.6. The van der Waals surface area contributed by atoms with E-state index in [4.69, 9.17) is 0 Å². The van der Waals surface area contributed by atoms with Crippen LogP contribution in [0.2, 0.25) is 0 Å². The SMILES string of the molecule is CCC(CCc1scnc1C)(CNC)c1ccccc1. The summed E-state index contributed by atoms with van der Waals surface area (Å²) in [5, 5.41) is 3.39. The van der Waals surface area contributed by atoms with Gasteiger partial charge in [-0.3, -0.25) is 0 Å². The van der Waals surface area contributed by atoms with Gasteiger partial charge in [0, 0.05) is 16.8 Å². The van der Waals surface area contributed by atoms with Crippen LogP contribution in [-0.2, 0) is 11.8 Å². The number of nitrogens with zero attached hydrogens (tertiary/aromatic N) is 1. The van der Waals surface area contributed by atoms with Gasteiger partial charge in [0.25, 0.3) is 0 Å². The van der Waals surface area contributed by atoms with Crippen LogP contribution in [0.1, 0.15) is 35.9 Å². The highest BCUT2D eigenvalue weighted by Gasteiger charge is 2.29. The van der Waals surface area contributed by atoms with Gasteiger partial charge >= 0.3 is 0 Å². The van der Waals surface area contributed by atoms with Crippen molar-refractivity contribution >= 4 is 11.3 Å². The summed E-state index contributed by atoms with van der Waals surface area (Å²) in [7, 11) is 2.05. The smallest absolute Gasteiger partial charge is 0.0797 e. The first-order valence-electron chi connectivity index (χ1n) is 7.31. The van der Waals surface area contributed by atoms with Crippen LogP contribution in [0.5, 0.6) is 0 Å². The number of nitrogens with one attached hydrogen (secondary N) is 1. The summed E-state index contributed by atoms with van der Waals surface area (Å²) in [5.74, 6) is 0. The predicted molar refractivity (Wildman–Crippen MR) is 87.5 cm³/mol. The molecule has 1 unspecified atom stereocenters. The number of hydrogen-bond donors (Lipinski definition) is 1. The van der Waals surface area contributed by atoms with Crippen LogP contribution in [-0.4, -0.2) is 18.6 Å². The number of aromatic nitrogens is 1. The molecule has 1 N–H and O–H groups in total. The minimum atomic E-state index is 0.215. The first-order chi connectivity index (χ1) is 9.72. The fourth-order valence-electron chi connectivity index (χ4n) is 2.89. The van der Waals surface area contributed by atoms with Crippen LogP contribution in [0.3, 0.4) is 0 Å². The summed E-state index contributed by atoms with van der Waals surface area (Å²) in [6.45, 7) is 5.43. The molecule has 20 heavy (non-hydrogen) atoms. The van der Waals surface area contributed by atoms with E-state index in [0.29, 0.717) is 0 Å². The van der Waals surface area contributed by atoms with Gasteiger partial charge in [0.2, 0.25) is 0 Å². The molecule has 0 spiro atoms. The summed E-state index contributed by atoms with van der Waals surface area (Å²) < 4.78 is 0. The van der Waals surface area contributed by atoms with Crippen LogP contribution >= 0.6 is 11.3 Å². The summed E-state index contributed by atoms with van der Waals surface area (Å²) in [6, 6.07) is 10.9. The minimum Gasteiger partial charge on any atom is -0.319 e. The second-order valence-electron chi connectivity index (χ2n) is 5.39. The maximum atomic E-state index is 4.36. The summed E-state index contributed by atoms with van der Waals surface area (Å²) in [4.78, 5) is 5.79. The summed E-state index contributed by atoms with van der Waals surface area (Å²) >= 11 is 1.78. The highest BCUT2D eigenvalue weighted by atomic mass is 32.1. The minimum absolute atomic E-state index is 0.215. The second-order valence-corrected chi connectivity index (χ2v) is 6.33. The van der Waals surface area contributed by atoms with Gasteiger partial charge < -0.3 is 5.32 Å². The lowest BCUT2D eigenvalue weighted by atomic mass is 9.74. The van der Waals surface area contributed by atoms with Crippen molar-refractivity contribution in [2.45, 2.75) is 38.5 Å². The number of hydrogen-bond acceptors (Lipinski definition) is 3. The number of rotatable bonds is 7. The molecule has 108 valence electrons. The molecule has 0 radical (unpaired) electrons. The van der Waals surface area contributed by atoms with Crippen molar-refractivity contribution < 1.29 is 0 Å². The zero-order valence-corrected chi connectivity index (χ0v) is 13.5. The lowest BCUT2D eigenvalue weighted by Gasteiger charge is -2.33. The van der Waals surface area contributed by atoms with E-state index in [-0.39, 0.29) is 5.41 Å². The van der Waals surface area contributed by atoms with E-state index < -0.39 is 0 Å². The fourth-order valence-corrected chi connectivity index (χ4v) is 3.67. The van der Waals surface area contributed by atoms with Gasteiger partial charge in [-0.15, -0.1) is 11.3 Å². The van der Waals surface area contributed by atoms with Crippen LogP contribution in [0.15, 0.2) is 35.8 Å². The van der Waals surface area contributed by atoms with Crippen molar-refractivity contribution in [1.82, 2.24) is 10.3 Å². The lowest BCUT2D eigenvalue weighted by molar-refractivity contribution is 0.366. The van der Waals surface area contributed by atoms with Crippen LogP contribution in [0, 0.1) is 6.92 Å². The van der Waals surface area contributed by atoms with E-state index in [9.17, 15) is 0 Å². The molecule has 2 aromatic rings. The van der Waals surface area contributed by atoms with Gasteiger partial charge in [0.05, 0.1) is 11.2 Å². The number of aryl methyl sites for hydroxylation is 2. The molecule has 1 heterocycles. The Morgan fingerprint density at radius 1 is 1.25 bits per heavy atom. The molecule has 0 fully saturated rings. The number of benzene rings is 1. The maximum Gasteiger partial charge on any atom is 0.0797 e. The van der Waals surface area contributed by atoms with E-state index in [0.717, 1.165) is 25.8 Å². The largest absolute Gasteiger partial charge is 0.319 e. The summed E-state index contributed by atoms with van der Waals surface area (Å²) in [5.41, 5.74) is 4.81. The number of likely N-dealkylation sites (N-methyl/N-ethyl adjacent to an activating group) is 1. The van der Waals surface area contributed by atoms with Gasteiger partial charge in [-0.05, 0) is 38.8 Å². The summed E-state index contributed by atoms with van der Waals surface area (Å²) in [6.07, 6.45) is 3.42. The van der Waals surface area contributed by atoms with E-state index >= 15 is 0 Å². The van der Waals surface area contributed by atoms with Crippen molar-refractivity contribution in [1.29, 1.82) is 0 Å². The van der Waals surface area contributed by atoms with Gasteiger partial charge in [0.1, 0.15) is 0 Å². The molecular weight excluding hydrogens is 264 g/mol. The van der Waals surface area contributed by atoms with Crippen LogP contribution in [0.4, 0.5) is 0 Å². The molecule has 2 nitrogen and oxygen atoms in total. The van der Waals surface area contributed by atoms with E-state index in [2.05, 4.69) is 54.5 Å². The molecule has 1 aromatic heterocycles. The molecule has 2 rings (SSSR count). The standard InChI is InChI=1S/C17H24N2S/c1-4-17(12-18-3,15-8-6-5-7-9-15)11-10-16-14(2)19-13-20-16/h5-9,13,18H,4,10-12H2,1-3H3. The first kappa shape index (κ1) is 15.2. The Balaban J connectivity index is 2.21. The molecule has 3 heteroatoms. The van der Waals surface area contributed by atoms with Crippen LogP contribution < -0.4 is 5.32 Å².